The van der Waals surface area contributed by atoms with Gasteiger partial charge in [0.25, 0.3) is 0 Å². The first-order chi connectivity index (χ1) is 11.9. The van der Waals surface area contributed by atoms with E-state index in [-0.39, 0.29) is 4.90 Å². The fourth-order valence-corrected chi connectivity index (χ4v) is 2.37. The van der Waals surface area contributed by atoms with E-state index in [2.05, 4.69) is 0 Å². The molecule has 0 atom stereocenters. The minimum Gasteiger partial charge on any atom is -0.744 e. The molecule has 0 fully saturated rings. The molecule has 0 radical (unpaired) electrons. The minimum absolute atomic E-state index is 0.178. The number of hydrogen-bond acceptors (Lipinski definition) is 4. The molecule has 1 aromatic heterocycles. The maximum Gasteiger partial charge on any atom is 0.222 e. The summed E-state index contributed by atoms with van der Waals surface area (Å²) in [5.41, 5.74) is 2.10. The van der Waals surface area contributed by atoms with E-state index in [0.717, 1.165) is 5.56 Å². The standard InChI is InChI=1S/C12H12NO.C7H8O3S/c1-3-7-12(8-4-1)11-14-13-9-5-2-6-10-13;1-6-2-4-7(5-3-6)11(8,9)10/h1-10H,11H2;2-5H,1H3,(H,8,9,10)/q+1;/p-1. The number of pyridine rings is 1. The first kappa shape index (κ1) is 18.6. The Morgan fingerprint density at radius 1 is 0.880 bits per heavy atom. The van der Waals surface area contributed by atoms with Crippen LogP contribution >= 0.6 is 0 Å². The summed E-state index contributed by atoms with van der Waals surface area (Å²) in [4.78, 5) is 5.33. The van der Waals surface area contributed by atoms with E-state index in [1.165, 1.54) is 17.7 Å². The highest BCUT2D eigenvalue weighted by atomic mass is 32.2. The Balaban J connectivity index is 0.000000186. The molecule has 2 aromatic carbocycles. The molecule has 0 saturated heterocycles. The van der Waals surface area contributed by atoms with Gasteiger partial charge in [0.15, 0.2) is 6.61 Å². The molecule has 0 N–H and O–H groups in total. The fraction of sp³-hybridized carbons (Fsp3) is 0.105. The summed E-state index contributed by atoms with van der Waals surface area (Å²) in [6.07, 6.45) is 3.76. The van der Waals surface area contributed by atoms with Gasteiger partial charge >= 0.3 is 0 Å². The molecular weight excluding hydrogens is 338 g/mol. The Hall–Kier alpha value is -2.70. The third-order valence-corrected chi connectivity index (χ3v) is 4.07. The van der Waals surface area contributed by atoms with Crippen molar-refractivity contribution in [3.63, 3.8) is 0 Å². The minimum atomic E-state index is -4.27. The van der Waals surface area contributed by atoms with E-state index in [4.69, 9.17) is 4.84 Å². The molecular formula is C19H19NO4S. The summed E-state index contributed by atoms with van der Waals surface area (Å²) in [6.45, 7) is 2.41. The van der Waals surface area contributed by atoms with Gasteiger partial charge in [-0.15, -0.1) is 0 Å². The molecule has 5 nitrogen and oxygen atoms in total. The number of hydrogen-bond donors (Lipinski definition) is 0. The third kappa shape index (κ3) is 6.74. The average Bonchev–Trinajstić information content (AvgIpc) is 2.62. The van der Waals surface area contributed by atoms with Gasteiger partial charge in [0.1, 0.15) is 10.1 Å². The lowest BCUT2D eigenvalue weighted by Gasteiger charge is -2.05. The van der Waals surface area contributed by atoms with Crippen LogP contribution in [0.1, 0.15) is 11.1 Å². The zero-order chi connectivity index (χ0) is 18.1. The lowest BCUT2D eigenvalue weighted by Crippen LogP contribution is -2.41. The summed E-state index contributed by atoms with van der Waals surface area (Å²) in [6, 6.07) is 21.7. The maximum atomic E-state index is 10.4. The number of rotatable bonds is 4. The molecule has 0 aliphatic heterocycles. The quantitative estimate of drug-likeness (QED) is 0.531. The number of nitrogens with zero attached hydrogens (tertiary/aromatic N) is 1. The highest BCUT2D eigenvalue weighted by Crippen LogP contribution is 2.08. The lowest BCUT2D eigenvalue weighted by atomic mass is 10.2. The smallest absolute Gasteiger partial charge is 0.222 e. The van der Waals surface area contributed by atoms with Crippen molar-refractivity contribution in [3.05, 3.63) is 96.3 Å². The van der Waals surface area contributed by atoms with E-state index >= 15 is 0 Å². The first-order valence-electron chi connectivity index (χ1n) is 7.61. The number of aromatic nitrogens is 1. The molecule has 0 saturated carbocycles. The van der Waals surface area contributed by atoms with Gasteiger partial charge in [0.05, 0.1) is 4.90 Å². The predicted octanol–water partition coefficient (Wildman–Crippen LogP) is 2.50. The SMILES string of the molecule is Cc1ccc(S(=O)(=O)[O-])cc1.c1ccc(CO[n+]2ccccc2)cc1. The van der Waals surface area contributed by atoms with Gasteiger partial charge in [0, 0.05) is 16.9 Å². The summed E-state index contributed by atoms with van der Waals surface area (Å²) in [5, 5.41) is 0. The van der Waals surface area contributed by atoms with Gasteiger partial charge in [-0.2, -0.15) is 0 Å². The van der Waals surface area contributed by atoms with Crippen LogP contribution in [0, 0.1) is 6.92 Å². The van der Waals surface area contributed by atoms with E-state index in [1.807, 2.05) is 67.8 Å². The molecule has 3 rings (SSSR count). The molecule has 130 valence electrons. The van der Waals surface area contributed by atoms with Gasteiger partial charge in [0.2, 0.25) is 12.4 Å². The Morgan fingerprint density at radius 2 is 1.44 bits per heavy atom. The van der Waals surface area contributed by atoms with Crippen molar-refractivity contribution in [2.45, 2.75) is 18.4 Å². The van der Waals surface area contributed by atoms with Crippen molar-refractivity contribution in [2.24, 2.45) is 0 Å². The monoisotopic (exact) mass is 357 g/mol. The Labute approximate surface area is 147 Å². The summed E-state index contributed by atoms with van der Waals surface area (Å²) >= 11 is 0. The largest absolute Gasteiger partial charge is 0.744 e. The van der Waals surface area contributed by atoms with Crippen LogP contribution in [0.4, 0.5) is 0 Å². The number of benzene rings is 2. The van der Waals surface area contributed by atoms with Crippen LogP contribution in [-0.2, 0) is 16.7 Å². The third-order valence-electron chi connectivity index (χ3n) is 3.22. The van der Waals surface area contributed by atoms with E-state index in [1.54, 1.807) is 16.9 Å². The van der Waals surface area contributed by atoms with E-state index in [9.17, 15) is 13.0 Å². The molecule has 1 heterocycles. The fourth-order valence-electron chi connectivity index (χ4n) is 1.90. The average molecular weight is 357 g/mol. The zero-order valence-corrected chi connectivity index (χ0v) is 14.6. The highest BCUT2D eigenvalue weighted by molar-refractivity contribution is 7.85. The van der Waals surface area contributed by atoms with Crippen LogP contribution in [0.3, 0.4) is 0 Å². The van der Waals surface area contributed by atoms with Crippen molar-refractivity contribution >= 4 is 10.1 Å². The van der Waals surface area contributed by atoms with E-state index < -0.39 is 10.1 Å². The summed E-state index contributed by atoms with van der Waals surface area (Å²) in [7, 11) is -4.27. The normalized spacial score (nSPS) is 10.5. The van der Waals surface area contributed by atoms with Crippen molar-refractivity contribution < 1.29 is 22.5 Å². The molecule has 6 heteroatoms. The van der Waals surface area contributed by atoms with Gasteiger partial charge in [-0.3, -0.25) is 4.84 Å². The second kappa shape index (κ2) is 8.96. The second-order valence-electron chi connectivity index (χ2n) is 5.26. The van der Waals surface area contributed by atoms with Crippen molar-refractivity contribution in [1.29, 1.82) is 0 Å². The van der Waals surface area contributed by atoms with Crippen LogP contribution in [0.25, 0.3) is 0 Å². The van der Waals surface area contributed by atoms with Gasteiger partial charge in [-0.05, 0) is 24.6 Å². The summed E-state index contributed by atoms with van der Waals surface area (Å²) < 4.78 is 32.9. The molecule has 25 heavy (non-hydrogen) atoms. The summed E-state index contributed by atoms with van der Waals surface area (Å²) in [5.74, 6) is 0. The lowest BCUT2D eigenvalue weighted by molar-refractivity contribution is -0.895. The molecule has 0 aliphatic carbocycles. The zero-order valence-electron chi connectivity index (χ0n) is 13.8. The van der Waals surface area contributed by atoms with Gasteiger partial charge in [-0.1, -0.05) is 54.1 Å². The van der Waals surface area contributed by atoms with Gasteiger partial charge in [-0.25, -0.2) is 8.42 Å². The van der Waals surface area contributed by atoms with Crippen LogP contribution < -0.4 is 9.57 Å². The Bertz CT molecular complexity index is 825. The second-order valence-corrected chi connectivity index (χ2v) is 6.64. The first-order valence-corrected chi connectivity index (χ1v) is 9.02. The Kier molecular flexibility index (Phi) is 6.68. The maximum absolute atomic E-state index is 10.4. The molecule has 0 unspecified atom stereocenters. The van der Waals surface area contributed by atoms with E-state index in [0.29, 0.717) is 6.61 Å². The van der Waals surface area contributed by atoms with Crippen LogP contribution in [-0.4, -0.2) is 13.0 Å². The Morgan fingerprint density at radius 3 is 2.00 bits per heavy atom. The number of aryl methyl sites for hydroxylation is 1. The highest BCUT2D eigenvalue weighted by Gasteiger charge is 1.99. The van der Waals surface area contributed by atoms with Gasteiger partial charge < -0.3 is 4.55 Å². The molecule has 3 aromatic rings. The van der Waals surface area contributed by atoms with Crippen LogP contribution in [0.5, 0.6) is 0 Å². The van der Waals surface area contributed by atoms with Crippen LogP contribution in [0.15, 0.2) is 90.1 Å². The van der Waals surface area contributed by atoms with Crippen LogP contribution in [0.2, 0.25) is 0 Å². The molecule has 0 spiro atoms. The molecule has 0 aliphatic rings. The van der Waals surface area contributed by atoms with Crippen molar-refractivity contribution in [1.82, 2.24) is 0 Å². The topological polar surface area (TPSA) is 70.3 Å². The van der Waals surface area contributed by atoms with Crippen molar-refractivity contribution in [3.8, 4) is 0 Å². The molecule has 0 bridgehead atoms. The van der Waals surface area contributed by atoms with Crippen molar-refractivity contribution in [2.75, 3.05) is 0 Å². The predicted molar refractivity (Wildman–Crippen MR) is 92.5 cm³/mol. The molecule has 0 amide bonds.